The van der Waals surface area contributed by atoms with E-state index in [0.29, 0.717) is 12.2 Å². The van der Waals surface area contributed by atoms with Gasteiger partial charge in [-0.3, -0.25) is 19.8 Å². The number of benzene rings is 2. The standard InChI is InChI=1S/C14H15ClN2.C14H16N2O2/c1-2-3-7-16-10-11-4-5-14-12(9-11)13(15)6-8-17-14;1-16(2)7-8-18-14-5-6-15-13-4-3-11(10-17)9-12(13)14/h4-6,8-10H,2-3,7H2,1H3;3-6,9-10H,7-8H2,1-2H3. The Labute approximate surface area is 211 Å². The molecular weight excluding hydrogens is 460 g/mol. The molecule has 4 aromatic rings. The average molecular weight is 491 g/mol. The third-order valence-electron chi connectivity index (χ3n) is 5.25. The quantitative estimate of drug-likeness (QED) is 0.161. The molecule has 2 aromatic carbocycles. The van der Waals surface area contributed by atoms with Crippen LogP contribution in [0, 0.1) is 0 Å². The summed E-state index contributed by atoms with van der Waals surface area (Å²) in [5, 5.41) is 2.59. The number of halogens is 1. The van der Waals surface area contributed by atoms with Crippen molar-refractivity contribution in [3.63, 3.8) is 0 Å². The Hall–Kier alpha value is -3.35. The van der Waals surface area contributed by atoms with E-state index in [1.807, 2.05) is 56.7 Å². The first-order chi connectivity index (χ1) is 17.0. The van der Waals surface area contributed by atoms with Crippen molar-refractivity contribution >= 4 is 45.9 Å². The molecule has 2 heterocycles. The van der Waals surface area contributed by atoms with Crippen LogP contribution in [0.15, 0.2) is 65.9 Å². The van der Waals surface area contributed by atoms with Crippen molar-refractivity contribution in [3.8, 4) is 5.75 Å². The van der Waals surface area contributed by atoms with Gasteiger partial charge >= 0.3 is 0 Å². The topological polar surface area (TPSA) is 67.7 Å². The number of nitrogens with zero attached hydrogens (tertiary/aromatic N) is 4. The van der Waals surface area contributed by atoms with Gasteiger partial charge in [-0.15, -0.1) is 0 Å². The maximum absolute atomic E-state index is 10.8. The lowest BCUT2D eigenvalue weighted by Gasteiger charge is -2.12. The molecule has 0 radical (unpaired) electrons. The first-order valence-electron chi connectivity index (χ1n) is 11.7. The number of unbranched alkanes of at least 4 members (excludes halogenated alkanes) is 1. The van der Waals surface area contributed by atoms with E-state index < -0.39 is 0 Å². The fraction of sp³-hybridized carbons (Fsp3) is 0.286. The molecule has 0 bridgehead atoms. The van der Waals surface area contributed by atoms with E-state index in [1.54, 1.807) is 24.5 Å². The zero-order chi connectivity index (χ0) is 25.0. The molecule has 182 valence electrons. The largest absolute Gasteiger partial charge is 0.491 e. The van der Waals surface area contributed by atoms with Crippen LogP contribution in [0.5, 0.6) is 5.75 Å². The van der Waals surface area contributed by atoms with Crippen LogP contribution in [0.2, 0.25) is 5.02 Å². The van der Waals surface area contributed by atoms with Crippen molar-refractivity contribution in [1.82, 2.24) is 14.9 Å². The number of likely N-dealkylation sites (N-methyl/N-ethyl adjacent to an activating group) is 1. The van der Waals surface area contributed by atoms with E-state index in [4.69, 9.17) is 16.3 Å². The SMILES string of the molecule is CCCCN=Cc1ccc2nccc(Cl)c2c1.CN(C)CCOc1ccnc2ccc(C=O)cc12. The van der Waals surface area contributed by atoms with Gasteiger partial charge in [0.1, 0.15) is 18.6 Å². The second-order valence-corrected chi connectivity index (χ2v) is 8.72. The second-order valence-electron chi connectivity index (χ2n) is 8.31. The van der Waals surface area contributed by atoms with Crippen molar-refractivity contribution in [2.45, 2.75) is 19.8 Å². The van der Waals surface area contributed by atoms with Crippen molar-refractivity contribution < 1.29 is 9.53 Å². The van der Waals surface area contributed by atoms with Gasteiger partial charge in [0.25, 0.3) is 0 Å². The fourth-order valence-corrected chi connectivity index (χ4v) is 3.51. The van der Waals surface area contributed by atoms with E-state index in [9.17, 15) is 4.79 Å². The van der Waals surface area contributed by atoms with Gasteiger partial charge in [-0.1, -0.05) is 31.0 Å². The average Bonchev–Trinajstić information content (AvgIpc) is 2.87. The number of aromatic nitrogens is 2. The Kier molecular flexibility index (Phi) is 10.1. The van der Waals surface area contributed by atoms with Crippen LogP contribution < -0.4 is 4.74 Å². The number of ether oxygens (including phenoxy) is 1. The van der Waals surface area contributed by atoms with E-state index in [2.05, 4.69) is 26.8 Å². The summed E-state index contributed by atoms with van der Waals surface area (Å²) in [6, 6.07) is 15.0. The molecule has 2 aromatic heterocycles. The van der Waals surface area contributed by atoms with E-state index >= 15 is 0 Å². The molecule has 0 aliphatic heterocycles. The molecule has 0 spiro atoms. The monoisotopic (exact) mass is 490 g/mol. The lowest BCUT2D eigenvalue weighted by Crippen LogP contribution is -2.19. The first-order valence-corrected chi connectivity index (χ1v) is 12.0. The minimum absolute atomic E-state index is 0.609. The van der Waals surface area contributed by atoms with E-state index in [0.717, 1.165) is 63.9 Å². The van der Waals surface area contributed by atoms with Gasteiger partial charge in [0, 0.05) is 48.0 Å². The minimum atomic E-state index is 0.609. The first kappa shape index (κ1) is 26.3. The Morgan fingerprint density at radius 3 is 2.37 bits per heavy atom. The number of carbonyl (C=O) groups is 1. The highest BCUT2D eigenvalue weighted by Crippen LogP contribution is 2.24. The molecule has 4 rings (SSSR count). The zero-order valence-electron chi connectivity index (χ0n) is 20.4. The predicted molar refractivity (Wildman–Crippen MR) is 145 cm³/mol. The third-order valence-corrected chi connectivity index (χ3v) is 5.58. The molecule has 0 saturated heterocycles. The number of hydrogen-bond acceptors (Lipinski definition) is 6. The molecule has 0 atom stereocenters. The second kappa shape index (κ2) is 13.5. The lowest BCUT2D eigenvalue weighted by molar-refractivity contribution is 0.112. The van der Waals surface area contributed by atoms with E-state index in [1.165, 1.54) is 6.42 Å². The maximum Gasteiger partial charge on any atom is 0.150 e. The predicted octanol–water partition coefficient (Wildman–Crippen LogP) is 6.09. The molecule has 0 aliphatic rings. The highest BCUT2D eigenvalue weighted by atomic mass is 35.5. The van der Waals surface area contributed by atoms with Gasteiger partial charge in [-0.05, 0) is 68.5 Å². The van der Waals surface area contributed by atoms with Crippen LogP contribution in [-0.2, 0) is 0 Å². The molecule has 0 aliphatic carbocycles. The van der Waals surface area contributed by atoms with Crippen LogP contribution in [0.1, 0.15) is 35.7 Å². The number of rotatable bonds is 9. The van der Waals surface area contributed by atoms with Gasteiger partial charge < -0.3 is 9.64 Å². The summed E-state index contributed by atoms with van der Waals surface area (Å²) < 4.78 is 5.73. The summed E-state index contributed by atoms with van der Waals surface area (Å²) >= 11 is 6.13. The molecular formula is C28H31ClN4O2. The molecule has 0 unspecified atom stereocenters. The van der Waals surface area contributed by atoms with Gasteiger partial charge in [-0.25, -0.2) is 0 Å². The highest BCUT2D eigenvalue weighted by molar-refractivity contribution is 6.35. The zero-order valence-corrected chi connectivity index (χ0v) is 21.2. The molecule has 35 heavy (non-hydrogen) atoms. The summed E-state index contributed by atoms with van der Waals surface area (Å²) in [6.07, 6.45) is 8.47. The number of aliphatic imine (C=N–C) groups is 1. The number of carbonyl (C=O) groups excluding carboxylic acids is 1. The van der Waals surface area contributed by atoms with Crippen LogP contribution in [-0.4, -0.2) is 61.2 Å². The van der Waals surface area contributed by atoms with Gasteiger partial charge in [0.2, 0.25) is 0 Å². The van der Waals surface area contributed by atoms with Crippen LogP contribution in [0.3, 0.4) is 0 Å². The lowest BCUT2D eigenvalue weighted by atomic mass is 10.1. The Balaban J connectivity index is 0.000000196. The highest BCUT2D eigenvalue weighted by Gasteiger charge is 2.04. The summed E-state index contributed by atoms with van der Waals surface area (Å²) in [6.45, 7) is 4.50. The van der Waals surface area contributed by atoms with E-state index in [-0.39, 0.29) is 0 Å². The molecule has 6 nitrogen and oxygen atoms in total. The Morgan fingerprint density at radius 2 is 1.66 bits per heavy atom. The third kappa shape index (κ3) is 7.84. The maximum atomic E-state index is 10.8. The van der Waals surface area contributed by atoms with Crippen molar-refractivity contribution in [1.29, 1.82) is 0 Å². The van der Waals surface area contributed by atoms with Gasteiger partial charge in [0.05, 0.1) is 16.1 Å². The van der Waals surface area contributed by atoms with Crippen LogP contribution in [0.25, 0.3) is 21.8 Å². The number of aldehydes is 1. The molecule has 7 heteroatoms. The van der Waals surface area contributed by atoms with Crippen molar-refractivity contribution in [3.05, 3.63) is 77.1 Å². The number of hydrogen-bond donors (Lipinski definition) is 0. The van der Waals surface area contributed by atoms with Gasteiger partial charge in [-0.2, -0.15) is 0 Å². The molecule has 0 N–H and O–H groups in total. The van der Waals surface area contributed by atoms with Crippen molar-refractivity contribution in [2.24, 2.45) is 4.99 Å². The summed E-state index contributed by atoms with van der Waals surface area (Å²) in [5.41, 5.74) is 3.46. The Morgan fingerprint density at radius 1 is 0.971 bits per heavy atom. The fourth-order valence-electron chi connectivity index (χ4n) is 3.31. The van der Waals surface area contributed by atoms with Crippen LogP contribution >= 0.6 is 11.6 Å². The summed E-state index contributed by atoms with van der Waals surface area (Å²) in [7, 11) is 4.00. The summed E-state index contributed by atoms with van der Waals surface area (Å²) in [4.78, 5) is 25.8. The Bertz CT molecular complexity index is 1290. The van der Waals surface area contributed by atoms with Crippen LogP contribution in [0.4, 0.5) is 0 Å². The minimum Gasteiger partial charge on any atom is -0.491 e. The number of fused-ring (bicyclic) bond motifs is 2. The molecule has 0 saturated carbocycles. The van der Waals surface area contributed by atoms with Gasteiger partial charge in [0.15, 0.2) is 0 Å². The molecule has 0 amide bonds. The summed E-state index contributed by atoms with van der Waals surface area (Å²) in [5.74, 6) is 0.769. The molecule has 0 fully saturated rings. The smallest absolute Gasteiger partial charge is 0.150 e. The van der Waals surface area contributed by atoms with Crippen molar-refractivity contribution in [2.75, 3.05) is 33.8 Å². The normalized spacial score (nSPS) is 11.1. The number of pyridine rings is 2.